The number of para-hydroxylation sites is 1. The van der Waals surface area contributed by atoms with E-state index >= 15 is 0 Å². The second kappa shape index (κ2) is 13.7. The predicted octanol–water partition coefficient (Wildman–Crippen LogP) is 1.73. The molecule has 1 aliphatic heterocycles. The summed E-state index contributed by atoms with van der Waals surface area (Å²) in [4.78, 5) is 31.3. The van der Waals surface area contributed by atoms with E-state index < -0.39 is 57.4 Å². The summed E-state index contributed by atoms with van der Waals surface area (Å²) in [5, 5.41) is 7.53. The summed E-state index contributed by atoms with van der Waals surface area (Å²) >= 11 is 0. The lowest BCUT2D eigenvalue weighted by Crippen LogP contribution is -2.37. The van der Waals surface area contributed by atoms with E-state index in [0.29, 0.717) is 48.2 Å². The first-order valence-corrected chi connectivity index (χ1v) is 18.4. The predicted molar refractivity (Wildman–Crippen MR) is 174 cm³/mol. The second-order valence-corrected chi connectivity index (χ2v) is 14.9. The zero-order valence-electron chi connectivity index (χ0n) is 25.1. The van der Waals surface area contributed by atoms with Crippen molar-refractivity contribution in [1.29, 1.82) is 0 Å². The molecule has 4 N–H and O–H groups in total. The molecule has 47 heavy (non-hydrogen) atoms. The maximum absolute atomic E-state index is 13.6. The molecule has 4 rings (SSSR count). The lowest BCUT2D eigenvalue weighted by Gasteiger charge is -2.24. The number of likely N-dealkylation sites (N-methyl/N-ethyl adjacent to an activating group) is 1. The quantitative estimate of drug-likeness (QED) is 0.210. The van der Waals surface area contributed by atoms with Crippen molar-refractivity contribution < 1.29 is 43.9 Å². The molecule has 1 heterocycles. The van der Waals surface area contributed by atoms with Crippen LogP contribution >= 0.6 is 0 Å². The van der Waals surface area contributed by atoms with Crippen LogP contribution < -0.4 is 19.9 Å². The lowest BCUT2D eigenvalue weighted by molar-refractivity contribution is -0.112. The average molecular weight is 707 g/mol. The highest BCUT2D eigenvalue weighted by Gasteiger charge is 2.35. The monoisotopic (exact) mass is 706 g/mol. The topological polar surface area (TPSA) is 232 Å². The molecule has 19 heteroatoms. The van der Waals surface area contributed by atoms with Gasteiger partial charge in [-0.1, -0.05) is 18.2 Å². The van der Waals surface area contributed by atoms with Crippen molar-refractivity contribution >= 4 is 70.7 Å². The summed E-state index contributed by atoms with van der Waals surface area (Å²) in [5.74, 6) is -2.23. The van der Waals surface area contributed by atoms with Gasteiger partial charge in [-0.25, -0.2) is 18.1 Å². The minimum atomic E-state index is -5.01. The Kier molecular flexibility index (Phi) is 10.3. The van der Waals surface area contributed by atoms with E-state index in [1.807, 2.05) is 11.8 Å². The van der Waals surface area contributed by atoms with E-state index in [4.69, 9.17) is 0 Å². The number of carbonyl (C=O) groups is 2. The van der Waals surface area contributed by atoms with Crippen molar-refractivity contribution in [2.24, 2.45) is 10.1 Å². The number of aryl methyl sites for hydroxylation is 1. The standard InChI is InChI=1S/C28H30N6O10S3/c1-4-33(13-12-29-45(3,37)38)21-10-11-24(18(2)14-21)30-25-26(32-34(28(25)36)20-8-6-5-7-9-20)31-27(35)19-15-22(46(39,40)41)17-23(16-19)47(42,43)44/h5-11,14-17,29H,4,12-13H2,1-3H3,(H,31,32,35)(H,39,40,41)(H,42,43,44). The number of nitrogens with one attached hydrogen (secondary N) is 2. The van der Waals surface area contributed by atoms with Crippen molar-refractivity contribution in [2.45, 2.75) is 23.6 Å². The van der Waals surface area contributed by atoms with E-state index in [-0.39, 0.29) is 18.1 Å². The number of aliphatic imine (C=N–C) groups is 1. The van der Waals surface area contributed by atoms with Crippen LogP contribution in [0.3, 0.4) is 0 Å². The van der Waals surface area contributed by atoms with E-state index in [2.05, 4.69) is 20.1 Å². The highest BCUT2D eigenvalue weighted by molar-refractivity contribution is 7.88. The SMILES string of the molecule is CCN(CCNS(C)(=O)=O)c1ccc(N=C2C(=O)N(c3ccccc3)N=C2NC(=O)c2cc(S(=O)(=O)O)cc(S(=O)(=O)O)c2)c(C)c1. The van der Waals surface area contributed by atoms with Gasteiger partial charge in [-0.05, 0) is 67.9 Å². The van der Waals surface area contributed by atoms with Crippen LogP contribution in [0.15, 0.2) is 86.6 Å². The number of anilines is 2. The Morgan fingerprint density at radius 1 is 0.936 bits per heavy atom. The molecule has 3 aromatic carbocycles. The zero-order valence-corrected chi connectivity index (χ0v) is 27.6. The summed E-state index contributed by atoms with van der Waals surface area (Å²) in [5.41, 5.74) is 1.09. The smallest absolute Gasteiger partial charge is 0.301 e. The van der Waals surface area contributed by atoms with E-state index in [1.165, 1.54) is 0 Å². The second-order valence-electron chi connectivity index (χ2n) is 10.2. The number of sulfonamides is 1. The molecule has 2 amide bonds. The summed E-state index contributed by atoms with van der Waals surface area (Å²) in [6.45, 7) is 4.74. The van der Waals surface area contributed by atoms with Gasteiger partial charge in [0.1, 0.15) is 0 Å². The number of rotatable bonds is 11. The van der Waals surface area contributed by atoms with Crippen LogP contribution in [0.1, 0.15) is 22.8 Å². The Labute approximate surface area is 271 Å². The molecule has 0 saturated carbocycles. The number of amidine groups is 1. The van der Waals surface area contributed by atoms with Gasteiger partial charge in [0.05, 0.1) is 27.4 Å². The van der Waals surface area contributed by atoms with E-state index in [0.717, 1.165) is 17.0 Å². The van der Waals surface area contributed by atoms with Gasteiger partial charge in [0, 0.05) is 30.9 Å². The fourth-order valence-corrected chi connectivity index (χ4v) is 6.06. The van der Waals surface area contributed by atoms with Crippen LogP contribution in [0.4, 0.5) is 17.1 Å². The Hall–Kier alpha value is -4.53. The van der Waals surface area contributed by atoms with Gasteiger partial charge in [-0.3, -0.25) is 18.7 Å². The van der Waals surface area contributed by atoms with Crippen LogP contribution in [0.2, 0.25) is 0 Å². The number of hydrogen-bond acceptors (Lipinski definition) is 11. The number of benzene rings is 3. The largest absolute Gasteiger partial charge is 0.370 e. The number of hydrogen-bond donors (Lipinski definition) is 4. The molecule has 3 aromatic rings. The minimum absolute atomic E-state index is 0.179. The molecule has 0 saturated heterocycles. The van der Waals surface area contributed by atoms with Crippen molar-refractivity contribution in [2.75, 3.05) is 35.8 Å². The molecular formula is C28H30N6O10S3. The minimum Gasteiger partial charge on any atom is -0.370 e. The average Bonchev–Trinajstić information content (AvgIpc) is 3.29. The van der Waals surface area contributed by atoms with Gasteiger partial charge >= 0.3 is 5.91 Å². The van der Waals surface area contributed by atoms with Crippen molar-refractivity contribution in [3.63, 3.8) is 0 Å². The first-order chi connectivity index (χ1) is 21.9. The Morgan fingerprint density at radius 2 is 1.55 bits per heavy atom. The third-order valence-electron chi connectivity index (χ3n) is 6.70. The van der Waals surface area contributed by atoms with Crippen molar-refractivity contribution in [1.82, 2.24) is 10.0 Å². The molecule has 0 spiro atoms. The maximum atomic E-state index is 13.6. The summed E-state index contributed by atoms with van der Waals surface area (Å²) < 4.78 is 91.3. The molecule has 250 valence electrons. The fourth-order valence-electron chi connectivity index (χ4n) is 4.42. The normalized spacial score (nSPS) is 14.7. The van der Waals surface area contributed by atoms with Gasteiger partial charge in [0.2, 0.25) is 10.0 Å². The Morgan fingerprint density at radius 3 is 2.09 bits per heavy atom. The van der Waals surface area contributed by atoms with Gasteiger partial charge in [0.25, 0.3) is 26.1 Å². The van der Waals surface area contributed by atoms with Crippen LogP contribution in [0, 0.1) is 6.92 Å². The van der Waals surface area contributed by atoms with Gasteiger partial charge < -0.3 is 10.2 Å². The molecule has 0 bridgehead atoms. The van der Waals surface area contributed by atoms with Crippen LogP contribution in [0.5, 0.6) is 0 Å². The highest BCUT2D eigenvalue weighted by Crippen LogP contribution is 2.27. The molecule has 0 aromatic heterocycles. The van der Waals surface area contributed by atoms with Crippen LogP contribution in [0.25, 0.3) is 0 Å². The third-order valence-corrected chi connectivity index (χ3v) is 9.09. The molecule has 1 aliphatic rings. The van der Waals surface area contributed by atoms with Crippen molar-refractivity contribution in [3.05, 3.63) is 77.9 Å². The molecule has 0 aliphatic carbocycles. The van der Waals surface area contributed by atoms with Gasteiger partial charge in [-0.2, -0.15) is 21.8 Å². The zero-order chi connectivity index (χ0) is 34.7. The van der Waals surface area contributed by atoms with Crippen molar-refractivity contribution in [3.8, 4) is 0 Å². The number of amides is 2. The van der Waals surface area contributed by atoms with E-state index in [9.17, 15) is 43.9 Å². The first-order valence-electron chi connectivity index (χ1n) is 13.7. The highest BCUT2D eigenvalue weighted by atomic mass is 32.2. The number of nitrogens with zero attached hydrogens (tertiary/aromatic N) is 4. The molecule has 16 nitrogen and oxygen atoms in total. The van der Waals surface area contributed by atoms with E-state index in [1.54, 1.807) is 55.5 Å². The number of carbonyl (C=O) groups excluding carboxylic acids is 2. The van der Waals surface area contributed by atoms with Crippen LogP contribution in [-0.2, 0) is 35.1 Å². The Balaban J connectivity index is 1.72. The summed E-state index contributed by atoms with van der Waals surface area (Å²) in [6, 6.07) is 15.1. The molecular weight excluding hydrogens is 677 g/mol. The summed E-state index contributed by atoms with van der Waals surface area (Å²) in [7, 11) is -13.4. The number of hydrazone groups is 1. The van der Waals surface area contributed by atoms with Gasteiger partial charge in [0.15, 0.2) is 11.5 Å². The van der Waals surface area contributed by atoms with Gasteiger partial charge in [-0.15, -0.1) is 5.10 Å². The Bertz CT molecular complexity index is 2070. The lowest BCUT2D eigenvalue weighted by atomic mass is 10.1. The molecule has 0 atom stereocenters. The molecule has 0 fully saturated rings. The molecule has 0 unspecified atom stereocenters. The van der Waals surface area contributed by atoms with Crippen LogP contribution in [-0.4, -0.2) is 83.6 Å². The maximum Gasteiger partial charge on any atom is 0.301 e. The fraction of sp³-hybridized carbons (Fsp3) is 0.214. The first kappa shape index (κ1) is 35.3. The third kappa shape index (κ3) is 8.84. The summed E-state index contributed by atoms with van der Waals surface area (Å²) in [6.07, 6.45) is 1.07. The molecule has 0 radical (unpaired) electrons.